The summed E-state index contributed by atoms with van der Waals surface area (Å²) in [6.07, 6.45) is 44.9. The van der Waals surface area contributed by atoms with Crippen molar-refractivity contribution in [3.05, 3.63) is 48.6 Å². The smallest absolute Gasteiger partial charge is 0.305 e. The van der Waals surface area contributed by atoms with Gasteiger partial charge in [0.15, 0.2) is 0 Å². The Kier molecular flexibility index (Phi) is 32.3. The molecule has 0 aromatic carbocycles. The molecule has 1 aliphatic heterocycles. The van der Waals surface area contributed by atoms with Crippen LogP contribution in [0.4, 0.5) is 0 Å². The summed E-state index contributed by atoms with van der Waals surface area (Å²) in [5.41, 5.74) is 0. The van der Waals surface area contributed by atoms with Crippen molar-refractivity contribution in [1.29, 1.82) is 0 Å². The van der Waals surface area contributed by atoms with Crippen molar-refractivity contribution in [2.45, 2.75) is 174 Å². The van der Waals surface area contributed by atoms with E-state index in [4.69, 9.17) is 9.47 Å². The first-order valence-corrected chi connectivity index (χ1v) is 20.9. The van der Waals surface area contributed by atoms with Gasteiger partial charge in [-0.25, -0.2) is 0 Å². The third-order valence-corrected chi connectivity index (χ3v) is 9.59. The average Bonchev–Trinajstić information content (AvgIpc) is 3.12. The zero-order valence-corrected chi connectivity index (χ0v) is 32.9. The van der Waals surface area contributed by atoms with Gasteiger partial charge >= 0.3 is 11.9 Å². The van der Waals surface area contributed by atoms with Gasteiger partial charge in [-0.05, 0) is 84.1 Å². The standard InChI is InChI=1S/C44H78N2O4/c1-4-6-8-10-12-14-16-18-20-22-24-26-28-30-32-34-43(47)49-40-42(46-38-36-45(3)37-39-46)41-50-44(48)35-33-31-29-27-25-23-21-19-17-15-13-11-9-7-5-2/h12-15,18-21,42H,4-11,16-17,22-41H2,1-3H3/b14-12-,15-13-,20-18-,21-19-. The van der Waals surface area contributed by atoms with Gasteiger partial charge in [0.25, 0.3) is 0 Å². The maximum atomic E-state index is 12.5. The maximum Gasteiger partial charge on any atom is 0.305 e. The number of hydrogen-bond acceptors (Lipinski definition) is 6. The van der Waals surface area contributed by atoms with Crippen LogP contribution in [0.5, 0.6) is 0 Å². The number of allylic oxidation sites excluding steroid dienone is 8. The van der Waals surface area contributed by atoms with Crippen molar-refractivity contribution in [3.63, 3.8) is 0 Å². The summed E-state index contributed by atoms with van der Waals surface area (Å²) < 4.78 is 11.4. The molecular formula is C44H78N2O4. The molecule has 6 nitrogen and oxygen atoms in total. The second kappa shape index (κ2) is 35.2. The van der Waals surface area contributed by atoms with Crippen molar-refractivity contribution in [1.82, 2.24) is 9.80 Å². The van der Waals surface area contributed by atoms with E-state index < -0.39 is 0 Å². The first-order valence-electron chi connectivity index (χ1n) is 20.9. The molecule has 1 rings (SSSR count). The molecule has 0 radical (unpaired) electrons. The molecule has 288 valence electrons. The van der Waals surface area contributed by atoms with Crippen LogP contribution in [0.3, 0.4) is 0 Å². The van der Waals surface area contributed by atoms with Gasteiger partial charge in [0.2, 0.25) is 0 Å². The normalized spacial score (nSPS) is 14.7. The lowest BCUT2D eigenvalue weighted by atomic mass is 10.1. The molecule has 1 fully saturated rings. The second-order valence-corrected chi connectivity index (χ2v) is 14.3. The molecule has 0 aromatic heterocycles. The zero-order valence-electron chi connectivity index (χ0n) is 32.9. The molecule has 1 aliphatic rings. The maximum absolute atomic E-state index is 12.5. The molecule has 0 bridgehead atoms. The van der Waals surface area contributed by atoms with E-state index in [2.05, 4.69) is 79.3 Å². The van der Waals surface area contributed by atoms with Gasteiger partial charge in [0, 0.05) is 39.0 Å². The first kappa shape index (κ1) is 45.8. The van der Waals surface area contributed by atoms with Gasteiger partial charge < -0.3 is 14.4 Å². The third-order valence-electron chi connectivity index (χ3n) is 9.59. The van der Waals surface area contributed by atoms with E-state index in [1.54, 1.807) is 0 Å². The fourth-order valence-corrected chi connectivity index (χ4v) is 6.13. The Morgan fingerprint density at radius 3 is 1.26 bits per heavy atom. The quantitative estimate of drug-likeness (QED) is 0.0386. The van der Waals surface area contributed by atoms with Crippen molar-refractivity contribution < 1.29 is 19.1 Å². The van der Waals surface area contributed by atoms with Gasteiger partial charge in [-0.3, -0.25) is 14.5 Å². The molecule has 0 spiro atoms. The average molecular weight is 699 g/mol. The SMILES string of the molecule is CCCCC/C=C\C/C=C\CCCCCCCC(=O)OCC(COC(=O)CCCCCCC/C=C\C/C=C\CCCCC)N1CCN(C)CC1. The van der Waals surface area contributed by atoms with Crippen molar-refractivity contribution in [2.75, 3.05) is 46.4 Å². The van der Waals surface area contributed by atoms with E-state index in [1.807, 2.05) is 0 Å². The van der Waals surface area contributed by atoms with Crippen molar-refractivity contribution in [2.24, 2.45) is 0 Å². The predicted octanol–water partition coefficient (Wildman–Crippen LogP) is 11.3. The Morgan fingerprint density at radius 1 is 0.500 bits per heavy atom. The van der Waals surface area contributed by atoms with Crippen LogP contribution in [-0.2, 0) is 19.1 Å². The number of ether oxygens (including phenoxy) is 2. The van der Waals surface area contributed by atoms with Gasteiger partial charge in [-0.15, -0.1) is 0 Å². The van der Waals surface area contributed by atoms with Crippen LogP contribution in [0.25, 0.3) is 0 Å². The molecule has 0 amide bonds. The van der Waals surface area contributed by atoms with E-state index >= 15 is 0 Å². The van der Waals surface area contributed by atoms with E-state index in [9.17, 15) is 9.59 Å². The highest BCUT2D eigenvalue weighted by molar-refractivity contribution is 5.69. The van der Waals surface area contributed by atoms with E-state index in [0.717, 1.165) is 90.4 Å². The molecular weight excluding hydrogens is 620 g/mol. The third kappa shape index (κ3) is 29.5. The minimum absolute atomic E-state index is 0.0780. The summed E-state index contributed by atoms with van der Waals surface area (Å²) in [5, 5.41) is 0. The lowest BCUT2D eigenvalue weighted by Crippen LogP contribution is -2.52. The van der Waals surface area contributed by atoms with Crippen molar-refractivity contribution in [3.8, 4) is 0 Å². The Labute approximate surface area is 309 Å². The number of esters is 2. The van der Waals surface area contributed by atoms with Gasteiger partial charge in [0.1, 0.15) is 13.2 Å². The van der Waals surface area contributed by atoms with Crippen LogP contribution in [0, 0.1) is 0 Å². The van der Waals surface area contributed by atoms with Gasteiger partial charge in [-0.1, -0.05) is 127 Å². The van der Waals surface area contributed by atoms with Crippen LogP contribution in [0.15, 0.2) is 48.6 Å². The van der Waals surface area contributed by atoms with Crippen LogP contribution < -0.4 is 0 Å². The fourth-order valence-electron chi connectivity index (χ4n) is 6.13. The summed E-state index contributed by atoms with van der Waals surface area (Å²) >= 11 is 0. The lowest BCUT2D eigenvalue weighted by Gasteiger charge is -2.37. The molecule has 50 heavy (non-hydrogen) atoms. The summed E-state index contributed by atoms with van der Waals surface area (Å²) in [4.78, 5) is 29.7. The molecule has 1 saturated heterocycles. The molecule has 0 aromatic rings. The summed E-state index contributed by atoms with van der Waals surface area (Å²) in [6, 6.07) is -0.0780. The molecule has 6 heteroatoms. The van der Waals surface area contributed by atoms with Crippen LogP contribution in [0.1, 0.15) is 168 Å². The molecule has 1 heterocycles. The van der Waals surface area contributed by atoms with Crippen molar-refractivity contribution >= 4 is 11.9 Å². The lowest BCUT2D eigenvalue weighted by molar-refractivity contribution is -0.150. The predicted molar refractivity (Wildman–Crippen MR) is 213 cm³/mol. The summed E-state index contributed by atoms with van der Waals surface area (Å²) in [5.74, 6) is -0.266. The Balaban J connectivity index is 2.15. The Bertz CT molecular complexity index is 842. The van der Waals surface area contributed by atoms with Crippen LogP contribution in [0.2, 0.25) is 0 Å². The van der Waals surface area contributed by atoms with E-state index in [0.29, 0.717) is 26.1 Å². The van der Waals surface area contributed by atoms with Crippen LogP contribution >= 0.6 is 0 Å². The number of hydrogen-bond donors (Lipinski definition) is 0. The van der Waals surface area contributed by atoms with E-state index in [1.165, 1.54) is 77.0 Å². The summed E-state index contributed by atoms with van der Waals surface area (Å²) in [6.45, 7) is 8.80. The monoisotopic (exact) mass is 699 g/mol. The summed E-state index contributed by atoms with van der Waals surface area (Å²) in [7, 11) is 2.13. The molecule has 0 unspecified atom stereocenters. The minimum atomic E-state index is -0.133. The number of carbonyl (C=O) groups is 2. The highest BCUT2D eigenvalue weighted by Crippen LogP contribution is 2.13. The fraction of sp³-hybridized carbons (Fsp3) is 0.773. The Hall–Kier alpha value is -2.18. The first-order chi connectivity index (χ1) is 24.6. The number of likely N-dealkylation sites (N-methyl/N-ethyl adjacent to an activating group) is 1. The van der Waals surface area contributed by atoms with Crippen LogP contribution in [-0.4, -0.2) is 74.2 Å². The highest BCUT2D eigenvalue weighted by atomic mass is 16.5. The molecule has 0 aliphatic carbocycles. The molecule has 0 N–H and O–H groups in total. The molecule has 0 atom stereocenters. The number of carbonyl (C=O) groups excluding carboxylic acids is 2. The number of piperazine rings is 1. The zero-order chi connectivity index (χ0) is 36.2. The number of rotatable bonds is 33. The van der Waals surface area contributed by atoms with Gasteiger partial charge in [0.05, 0.1) is 6.04 Å². The van der Waals surface area contributed by atoms with Gasteiger partial charge in [-0.2, -0.15) is 0 Å². The number of unbranched alkanes of at least 4 members (excludes halogenated alkanes) is 16. The largest absolute Gasteiger partial charge is 0.464 e. The molecule has 0 saturated carbocycles. The highest BCUT2D eigenvalue weighted by Gasteiger charge is 2.25. The Morgan fingerprint density at radius 2 is 0.860 bits per heavy atom. The second-order valence-electron chi connectivity index (χ2n) is 14.3. The van der Waals surface area contributed by atoms with E-state index in [-0.39, 0.29) is 18.0 Å². The topological polar surface area (TPSA) is 59.1 Å². The number of nitrogens with zero attached hydrogens (tertiary/aromatic N) is 2. The minimum Gasteiger partial charge on any atom is -0.464 e.